The van der Waals surface area contributed by atoms with Gasteiger partial charge in [-0.2, -0.15) is 8.42 Å². The van der Waals surface area contributed by atoms with E-state index in [-0.39, 0.29) is 18.4 Å². The van der Waals surface area contributed by atoms with Crippen molar-refractivity contribution >= 4 is 28.2 Å². The van der Waals surface area contributed by atoms with E-state index in [9.17, 15) is 14.4 Å². The van der Waals surface area contributed by atoms with Gasteiger partial charge < -0.3 is 33.9 Å². The van der Waals surface area contributed by atoms with Crippen LogP contribution in [-0.2, 0) is 40.8 Å². The van der Waals surface area contributed by atoms with E-state index in [2.05, 4.69) is 10.2 Å². The molecule has 2 fully saturated rings. The van der Waals surface area contributed by atoms with Crippen LogP contribution < -0.4 is 19.5 Å². The van der Waals surface area contributed by atoms with Crippen LogP contribution in [-0.4, -0.2) is 117 Å². The van der Waals surface area contributed by atoms with Gasteiger partial charge in [0, 0.05) is 38.3 Å². The minimum Gasteiger partial charge on any atom is -0.493 e. The van der Waals surface area contributed by atoms with Gasteiger partial charge in [-0.15, -0.1) is 0 Å². The van der Waals surface area contributed by atoms with Crippen LogP contribution in [0, 0.1) is 5.92 Å². The lowest BCUT2D eigenvalue weighted by Gasteiger charge is -2.37. The highest BCUT2D eigenvalue weighted by molar-refractivity contribution is 7.79. The van der Waals surface area contributed by atoms with Gasteiger partial charge in [0.15, 0.2) is 23.7 Å². The molecule has 0 bridgehead atoms. The van der Waals surface area contributed by atoms with Gasteiger partial charge in [-0.3, -0.25) is 23.6 Å². The Morgan fingerprint density at radius 1 is 1.00 bits per heavy atom. The third-order valence-electron chi connectivity index (χ3n) is 6.45. The van der Waals surface area contributed by atoms with Crippen LogP contribution in [0.5, 0.6) is 17.2 Å². The summed E-state index contributed by atoms with van der Waals surface area (Å²) in [5, 5.41) is 2.81. The van der Waals surface area contributed by atoms with Crippen molar-refractivity contribution in [1.82, 2.24) is 15.1 Å². The van der Waals surface area contributed by atoms with E-state index < -0.39 is 40.5 Å². The molecule has 2 aliphatic heterocycles. The van der Waals surface area contributed by atoms with Crippen molar-refractivity contribution in [1.29, 1.82) is 0 Å². The monoisotopic (exact) mass is 619 g/mol. The summed E-state index contributed by atoms with van der Waals surface area (Å²) in [6.07, 6.45) is -1.31. The number of methoxy groups -OCH3 is 3. The van der Waals surface area contributed by atoms with E-state index in [1.807, 2.05) is 26.0 Å². The summed E-state index contributed by atoms with van der Waals surface area (Å²) in [4.78, 5) is 41.9. The van der Waals surface area contributed by atoms with Crippen LogP contribution in [0.4, 0.5) is 0 Å². The predicted octanol–water partition coefficient (Wildman–Crippen LogP) is 0.565. The Morgan fingerprint density at radius 2 is 1.60 bits per heavy atom. The van der Waals surface area contributed by atoms with Crippen molar-refractivity contribution in [3.8, 4) is 17.2 Å². The van der Waals surface area contributed by atoms with Gasteiger partial charge >= 0.3 is 16.4 Å². The molecule has 1 unspecified atom stereocenters. The van der Waals surface area contributed by atoms with Gasteiger partial charge in [-0.25, -0.2) is 4.79 Å². The summed E-state index contributed by atoms with van der Waals surface area (Å²) >= 11 is 0. The molecule has 2 aliphatic rings. The molecule has 3 N–H and O–H groups in total. The Balaban J connectivity index is 0.00000113. The summed E-state index contributed by atoms with van der Waals surface area (Å²) in [5.41, 5.74) is 0.963. The number of hydrogen-bond acceptors (Lipinski definition) is 11. The molecule has 42 heavy (non-hydrogen) atoms. The number of rotatable bonds is 12. The summed E-state index contributed by atoms with van der Waals surface area (Å²) in [6, 6.07) is 3.12. The normalized spacial score (nSPS) is 19.2. The first-order valence-corrected chi connectivity index (χ1v) is 14.7. The maximum Gasteiger partial charge on any atom is 0.394 e. The molecule has 15 nitrogen and oxygen atoms in total. The van der Waals surface area contributed by atoms with E-state index in [0.29, 0.717) is 56.4 Å². The molecule has 238 valence electrons. The van der Waals surface area contributed by atoms with Gasteiger partial charge in [0.25, 0.3) is 5.91 Å². The second-order valence-electron chi connectivity index (χ2n) is 9.96. The fourth-order valence-corrected chi connectivity index (χ4v) is 4.54. The number of nitrogens with zero attached hydrogens (tertiary/aromatic N) is 2. The molecule has 2 amide bonds. The predicted molar refractivity (Wildman–Crippen MR) is 149 cm³/mol. The van der Waals surface area contributed by atoms with Crippen LogP contribution in [0.2, 0.25) is 0 Å². The number of piperazine rings is 1. The lowest BCUT2D eigenvalue weighted by molar-refractivity contribution is -0.144. The van der Waals surface area contributed by atoms with Gasteiger partial charge in [-0.05, 0) is 25.3 Å². The van der Waals surface area contributed by atoms with E-state index in [4.69, 9.17) is 41.2 Å². The van der Waals surface area contributed by atoms with Crippen molar-refractivity contribution in [3.63, 3.8) is 0 Å². The van der Waals surface area contributed by atoms with Gasteiger partial charge in [0.2, 0.25) is 11.7 Å². The average Bonchev–Trinajstić information content (AvgIpc) is 3.73. The zero-order valence-electron chi connectivity index (χ0n) is 24.7. The van der Waals surface area contributed by atoms with Crippen LogP contribution >= 0.6 is 0 Å². The second-order valence-corrected chi connectivity index (χ2v) is 10.9. The maximum absolute atomic E-state index is 13.4. The second kappa shape index (κ2) is 15.9. The lowest BCUT2D eigenvalue weighted by Crippen LogP contribution is -2.55. The molecule has 0 aromatic heterocycles. The van der Waals surface area contributed by atoms with Crippen LogP contribution in [0.15, 0.2) is 12.1 Å². The molecule has 3 atom stereocenters. The first-order chi connectivity index (χ1) is 19.7. The van der Waals surface area contributed by atoms with Crippen molar-refractivity contribution < 1.29 is 55.6 Å². The van der Waals surface area contributed by atoms with E-state index >= 15 is 0 Å². The lowest BCUT2D eigenvalue weighted by atomic mass is 10.0. The third kappa shape index (κ3) is 10.6. The molecule has 16 heteroatoms. The number of hydrogen-bond donors (Lipinski definition) is 3. The van der Waals surface area contributed by atoms with Gasteiger partial charge in [-0.1, -0.05) is 19.9 Å². The highest BCUT2D eigenvalue weighted by Crippen LogP contribution is 2.40. The standard InChI is InChI=1S/C26H39N3O8.H2O4S/c1-7-36-26(32)23-22(37-23)24(30)27-18(14-16(2)3)25(31)29-12-10-28(11-13-29)15-17-8-9-19(33-4)21(35-6)20(17)34-5;1-5(2,3)4/h8-9,16,18,22-23H,7,10-15H2,1-6H3,(H,27,30);(H2,1,2,3,4)/t18?,22-,23-;/m1./s1. The third-order valence-corrected chi connectivity index (χ3v) is 6.45. The molecule has 1 aromatic rings. The van der Waals surface area contributed by atoms with E-state index in [1.165, 1.54) is 0 Å². The molecule has 2 heterocycles. The van der Waals surface area contributed by atoms with Crippen LogP contribution in [0.1, 0.15) is 32.8 Å². The molecule has 1 aromatic carbocycles. The number of carbonyl (C=O) groups excluding carboxylic acids is 3. The smallest absolute Gasteiger partial charge is 0.394 e. The van der Waals surface area contributed by atoms with E-state index in [0.717, 1.165) is 5.56 Å². The number of benzene rings is 1. The molecule has 0 radical (unpaired) electrons. The number of amides is 2. The Bertz CT molecular complexity index is 1180. The summed E-state index contributed by atoms with van der Waals surface area (Å²) in [5.74, 6) is 0.819. The number of esters is 1. The molecule has 3 rings (SSSR count). The summed E-state index contributed by atoms with van der Waals surface area (Å²) < 4.78 is 58.1. The molecule has 0 spiro atoms. The fourth-order valence-electron chi connectivity index (χ4n) is 4.54. The Labute approximate surface area is 245 Å². The largest absolute Gasteiger partial charge is 0.493 e. The zero-order valence-corrected chi connectivity index (χ0v) is 25.5. The maximum atomic E-state index is 13.4. The SMILES string of the molecule is CCOC(=O)[C@@H]1O[C@H]1C(=O)NC(CC(C)C)C(=O)N1CCN(Cc2ccc(OC)c(OC)c2OC)CC1.O=S(=O)(O)O. The average molecular weight is 620 g/mol. The van der Waals surface area contributed by atoms with Crippen molar-refractivity contribution in [2.45, 2.75) is 52.0 Å². The highest BCUT2D eigenvalue weighted by Gasteiger charge is 2.52. The first-order valence-electron chi connectivity index (χ1n) is 13.3. The first kappa shape index (κ1) is 35.0. The van der Waals surface area contributed by atoms with Crippen LogP contribution in [0.25, 0.3) is 0 Å². The molecular formula is C26H41N3O12S. The van der Waals surface area contributed by atoms with Gasteiger partial charge in [0.1, 0.15) is 6.04 Å². The van der Waals surface area contributed by atoms with Gasteiger partial charge in [0.05, 0.1) is 27.9 Å². The highest BCUT2D eigenvalue weighted by atomic mass is 32.3. The molecule has 0 aliphatic carbocycles. The Kier molecular flexibility index (Phi) is 13.2. The quantitative estimate of drug-likeness (QED) is 0.167. The Morgan fingerprint density at radius 3 is 2.10 bits per heavy atom. The minimum atomic E-state index is -4.67. The fraction of sp³-hybridized carbons (Fsp3) is 0.654. The number of ether oxygens (including phenoxy) is 5. The topological polar surface area (TPSA) is 194 Å². The van der Waals surface area contributed by atoms with Crippen molar-refractivity contribution in [3.05, 3.63) is 17.7 Å². The van der Waals surface area contributed by atoms with E-state index in [1.54, 1.807) is 33.2 Å². The van der Waals surface area contributed by atoms with Crippen molar-refractivity contribution in [2.24, 2.45) is 5.92 Å². The minimum absolute atomic E-state index is 0.126. The number of nitrogens with one attached hydrogen (secondary N) is 1. The molecule has 2 saturated heterocycles. The molecular weight excluding hydrogens is 578 g/mol. The number of carbonyl (C=O) groups is 3. The zero-order chi connectivity index (χ0) is 31.6. The molecule has 0 saturated carbocycles. The summed E-state index contributed by atoms with van der Waals surface area (Å²) in [7, 11) is 0.0913. The Hall–Kier alpha value is -3.18. The van der Waals surface area contributed by atoms with Crippen molar-refractivity contribution in [2.75, 3.05) is 54.1 Å². The number of epoxide rings is 1. The van der Waals surface area contributed by atoms with Crippen LogP contribution in [0.3, 0.4) is 0 Å². The summed E-state index contributed by atoms with van der Waals surface area (Å²) in [6.45, 7) is 8.93.